The van der Waals surface area contributed by atoms with Crippen molar-refractivity contribution in [1.82, 2.24) is 0 Å². The minimum absolute atomic E-state index is 0.0407. The van der Waals surface area contributed by atoms with Crippen LogP contribution in [0.5, 0.6) is 0 Å². The lowest BCUT2D eigenvalue weighted by Crippen LogP contribution is -2.71. The second-order valence-electron chi connectivity index (χ2n) is 21.8. The third-order valence-electron chi connectivity index (χ3n) is 17.6. The largest absolute Gasteiger partial charge is 0.457 e. The summed E-state index contributed by atoms with van der Waals surface area (Å²) in [7, 11) is 0. The number of carbonyl (C=O) groups excluding carboxylic acids is 1. The summed E-state index contributed by atoms with van der Waals surface area (Å²) >= 11 is 0. The fraction of sp³-hybridized carbons (Fsp3) is 0.977. The molecule has 3 heterocycles. The maximum atomic E-state index is 12.4. The van der Waals surface area contributed by atoms with Gasteiger partial charge in [0.1, 0.15) is 36.6 Å². The van der Waals surface area contributed by atoms with Gasteiger partial charge in [0.05, 0.1) is 48.3 Å². The van der Waals surface area contributed by atoms with Crippen molar-refractivity contribution in [1.29, 1.82) is 0 Å². The van der Waals surface area contributed by atoms with Crippen LogP contribution in [-0.4, -0.2) is 150 Å². The summed E-state index contributed by atoms with van der Waals surface area (Å²) in [6, 6.07) is 0. The fourth-order valence-electron chi connectivity index (χ4n) is 14.4. The van der Waals surface area contributed by atoms with Gasteiger partial charge in [-0.05, 0) is 124 Å². The molecule has 1 unspecified atom stereocenters. The predicted octanol–water partition coefficient (Wildman–Crippen LogP) is 1.93. The minimum atomic E-state index is -1.73. The topological polar surface area (TPSA) is 234 Å². The summed E-state index contributed by atoms with van der Waals surface area (Å²) in [5.74, 6) is -0.980. The van der Waals surface area contributed by atoms with Gasteiger partial charge in [0.15, 0.2) is 18.7 Å². The Hall–Kier alpha value is -1.05. The van der Waals surface area contributed by atoms with Gasteiger partial charge < -0.3 is 69.3 Å². The van der Waals surface area contributed by atoms with Crippen molar-refractivity contribution >= 4 is 5.97 Å². The molecular formula is C44H74O15. The molecule has 59 heavy (non-hydrogen) atoms. The molecule has 0 radical (unpaired) electrons. The second kappa shape index (κ2) is 15.6. The Bertz CT molecular complexity index is 1540. The molecule has 0 aromatic rings. The van der Waals surface area contributed by atoms with E-state index in [4.69, 9.17) is 28.4 Å². The molecule has 0 aromatic heterocycles. The zero-order valence-corrected chi connectivity index (χ0v) is 36.7. The molecule has 0 spiro atoms. The van der Waals surface area contributed by atoms with Crippen LogP contribution in [0, 0.1) is 45.3 Å². The van der Waals surface area contributed by atoms with Gasteiger partial charge in [0.2, 0.25) is 0 Å². The maximum Gasteiger partial charge on any atom is 0.303 e. The number of ether oxygens (including phenoxy) is 6. The Balaban J connectivity index is 1.24. The Morgan fingerprint density at radius 2 is 1.46 bits per heavy atom. The lowest BCUT2D eigenvalue weighted by atomic mass is 9.34. The molecular weight excluding hydrogens is 768 g/mol. The zero-order chi connectivity index (χ0) is 43.6. The van der Waals surface area contributed by atoms with E-state index in [2.05, 4.69) is 27.7 Å². The van der Waals surface area contributed by atoms with Crippen LogP contribution in [0.25, 0.3) is 0 Å². The number of aliphatic hydroxyl groups excluding tert-OH is 7. The SMILES string of the molecule is CC(=O)O[C@@H]1[C@@H](O)[C@@H](O)[C@H](O[C@H]2[C@H](O[C@H]3C[C@]4(C)[C@H](C[C@@H](O)[C@@H]5[C@@H]([C@]6(C)CCC(C(C)(C)O)O6)CC[C@]54C)[C@@]4(C)CC[C@H](O)C(C)(C)[C@H]34)O[C@H](CO)[C@@H](O)[C@@H]2O)O[C@H]1C. The Morgan fingerprint density at radius 1 is 0.797 bits per heavy atom. The number of carbonyl (C=O) groups is 1. The Kier molecular flexibility index (Phi) is 12.1. The smallest absolute Gasteiger partial charge is 0.303 e. The molecule has 340 valence electrons. The molecule has 8 N–H and O–H groups in total. The van der Waals surface area contributed by atoms with E-state index in [1.54, 1.807) is 20.8 Å². The van der Waals surface area contributed by atoms with Gasteiger partial charge in [-0.15, -0.1) is 0 Å². The number of hydrogen-bond acceptors (Lipinski definition) is 15. The summed E-state index contributed by atoms with van der Waals surface area (Å²) < 4.78 is 37.5. The first kappa shape index (κ1) is 46.0. The van der Waals surface area contributed by atoms with Crippen LogP contribution >= 0.6 is 0 Å². The molecule has 4 aliphatic carbocycles. The molecule has 0 amide bonds. The summed E-state index contributed by atoms with van der Waals surface area (Å²) in [6.45, 7) is 18.8. The minimum Gasteiger partial charge on any atom is -0.457 e. The summed E-state index contributed by atoms with van der Waals surface area (Å²) in [5, 5.41) is 90.2. The standard InChI is InChI=1S/C44H74O15/c1-20-34(55-21(2)46)32(51)33(52)37(54-20)58-35-31(50)30(49)25(19-45)57-38(35)56-24-18-43(9)26(41(7)14-12-27(48)39(3,4)36(24)41)17-23(47)29-22(11-15-42(29,43)8)44(10)16-13-28(59-44)40(5,6)53/h20,22-38,45,47-53H,11-19H2,1-10H3/t20-,22-,23+,24-,25+,26+,27-,28?,29-,30+,31-,32-,33+,34-,35+,36-,37-,38+,41+,42+,43+,44-/m0/s1. The van der Waals surface area contributed by atoms with Crippen molar-refractivity contribution < 1.29 is 74.1 Å². The zero-order valence-electron chi connectivity index (χ0n) is 36.7. The molecule has 4 saturated carbocycles. The predicted molar refractivity (Wildman–Crippen MR) is 210 cm³/mol. The van der Waals surface area contributed by atoms with Crippen LogP contribution in [0.2, 0.25) is 0 Å². The van der Waals surface area contributed by atoms with E-state index >= 15 is 0 Å². The number of aliphatic hydroxyl groups is 8. The van der Waals surface area contributed by atoms with Gasteiger partial charge in [0, 0.05) is 6.92 Å². The molecule has 22 atom stereocenters. The van der Waals surface area contributed by atoms with E-state index in [0.717, 1.165) is 25.7 Å². The average Bonchev–Trinajstić information content (AvgIpc) is 3.74. The van der Waals surface area contributed by atoms with Gasteiger partial charge in [-0.2, -0.15) is 0 Å². The van der Waals surface area contributed by atoms with E-state index < -0.39 is 120 Å². The third-order valence-corrected chi connectivity index (χ3v) is 17.6. The number of fused-ring (bicyclic) bond motifs is 5. The van der Waals surface area contributed by atoms with E-state index in [1.165, 1.54) is 6.92 Å². The van der Waals surface area contributed by atoms with Gasteiger partial charge in [-0.25, -0.2) is 0 Å². The molecule has 3 aliphatic heterocycles. The molecule has 15 heteroatoms. The van der Waals surface area contributed by atoms with Crippen molar-refractivity contribution in [3.05, 3.63) is 0 Å². The Morgan fingerprint density at radius 3 is 2.07 bits per heavy atom. The maximum absolute atomic E-state index is 12.4. The average molecular weight is 843 g/mol. The normalized spacial score (nSPS) is 54.9. The molecule has 0 aromatic carbocycles. The summed E-state index contributed by atoms with van der Waals surface area (Å²) in [6.07, 6.45) is -11.1. The highest BCUT2D eigenvalue weighted by Gasteiger charge is 2.74. The van der Waals surface area contributed by atoms with Crippen molar-refractivity contribution in [2.75, 3.05) is 6.61 Å². The molecule has 7 aliphatic rings. The van der Waals surface area contributed by atoms with Crippen LogP contribution in [0.15, 0.2) is 0 Å². The molecule has 0 bridgehead atoms. The van der Waals surface area contributed by atoms with Crippen LogP contribution in [-0.2, 0) is 33.2 Å². The number of rotatable bonds is 8. The van der Waals surface area contributed by atoms with Crippen LogP contribution < -0.4 is 0 Å². The molecule has 15 nitrogen and oxygen atoms in total. The lowest BCUT2D eigenvalue weighted by molar-refractivity contribution is -0.382. The van der Waals surface area contributed by atoms with Crippen LogP contribution in [0.1, 0.15) is 121 Å². The van der Waals surface area contributed by atoms with Crippen LogP contribution in [0.3, 0.4) is 0 Å². The van der Waals surface area contributed by atoms with Crippen molar-refractivity contribution in [3.63, 3.8) is 0 Å². The number of esters is 1. The van der Waals surface area contributed by atoms with Crippen molar-refractivity contribution in [2.24, 2.45) is 45.3 Å². The Labute approximate surface area is 349 Å². The summed E-state index contributed by atoms with van der Waals surface area (Å²) in [5.41, 5.74) is -3.45. The van der Waals surface area contributed by atoms with E-state index in [-0.39, 0.29) is 35.2 Å². The monoisotopic (exact) mass is 843 g/mol. The van der Waals surface area contributed by atoms with Crippen LogP contribution in [0.4, 0.5) is 0 Å². The number of hydrogen-bond donors (Lipinski definition) is 8. The van der Waals surface area contributed by atoms with Gasteiger partial charge in [-0.1, -0.05) is 34.6 Å². The quantitative estimate of drug-likeness (QED) is 0.129. The summed E-state index contributed by atoms with van der Waals surface area (Å²) in [4.78, 5) is 11.8. The highest BCUT2D eigenvalue weighted by molar-refractivity contribution is 5.66. The fourth-order valence-corrected chi connectivity index (χ4v) is 14.4. The first-order chi connectivity index (χ1) is 27.2. The highest BCUT2D eigenvalue weighted by Crippen LogP contribution is 2.76. The first-order valence-electron chi connectivity index (χ1n) is 22.1. The van der Waals surface area contributed by atoms with Gasteiger partial charge in [-0.3, -0.25) is 4.79 Å². The highest BCUT2D eigenvalue weighted by atomic mass is 16.8. The lowest BCUT2D eigenvalue weighted by Gasteiger charge is -2.72. The molecule has 3 saturated heterocycles. The first-order valence-corrected chi connectivity index (χ1v) is 22.1. The van der Waals surface area contributed by atoms with Gasteiger partial charge >= 0.3 is 5.97 Å². The molecule has 7 fully saturated rings. The molecule has 7 rings (SSSR count). The van der Waals surface area contributed by atoms with E-state index in [9.17, 15) is 45.6 Å². The van der Waals surface area contributed by atoms with Gasteiger partial charge in [0.25, 0.3) is 0 Å². The third kappa shape index (κ3) is 7.26. The van der Waals surface area contributed by atoms with Crippen molar-refractivity contribution in [2.45, 2.75) is 218 Å². The van der Waals surface area contributed by atoms with E-state index in [0.29, 0.717) is 25.7 Å². The second-order valence-corrected chi connectivity index (χ2v) is 21.8. The van der Waals surface area contributed by atoms with Crippen molar-refractivity contribution in [3.8, 4) is 0 Å². The van der Waals surface area contributed by atoms with E-state index in [1.807, 2.05) is 13.8 Å².